The Morgan fingerprint density at radius 1 is 1.09 bits per heavy atom. The molecule has 0 unspecified atom stereocenters. The molecule has 2 heterocycles. The predicted octanol–water partition coefficient (Wildman–Crippen LogP) is 5.34. The monoisotopic (exact) mass is 319 g/mol. The Hall–Kier alpha value is -2.72. The fourth-order valence-corrected chi connectivity index (χ4v) is 3.59. The second-order valence-corrected chi connectivity index (χ2v) is 6.37. The first-order chi connectivity index (χ1) is 11.2. The number of aromatic nitrogens is 1. The second kappa shape index (κ2) is 5.48. The van der Waals surface area contributed by atoms with Crippen LogP contribution in [0.1, 0.15) is 16.1 Å². The number of carbonyl (C=O) groups excluding carboxylic acids is 1. The van der Waals surface area contributed by atoms with Crippen LogP contribution < -0.4 is 0 Å². The smallest absolute Gasteiger partial charge is 0.185 e. The molecule has 0 spiro atoms. The van der Waals surface area contributed by atoms with Gasteiger partial charge in [0.2, 0.25) is 0 Å². The fraction of sp³-hybridized carbons (Fsp3) is 0.0526. The summed E-state index contributed by atoms with van der Waals surface area (Å²) < 4.78 is 6.70. The van der Waals surface area contributed by atoms with Crippen LogP contribution in [0.2, 0.25) is 0 Å². The number of fused-ring (bicyclic) bond motifs is 1. The molecule has 0 radical (unpaired) electrons. The van der Waals surface area contributed by atoms with Crippen molar-refractivity contribution in [1.82, 2.24) is 4.98 Å². The van der Waals surface area contributed by atoms with Crippen molar-refractivity contribution in [2.75, 3.05) is 0 Å². The number of rotatable bonds is 3. The van der Waals surface area contributed by atoms with Crippen molar-refractivity contribution in [3.63, 3.8) is 0 Å². The Balaban J connectivity index is 1.76. The quantitative estimate of drug-likeness (QED) is 0.478. The van der Waals surface area contributed by atoms with Crippen LogP contribution in [0.15, 0.2) is 59.0 Å². The molecule has 0 amide bonds. The van der Waals surface area contributed by atoms with Gasteiger partial charge >= 0.3 is 0 Å². The minimum atomic E-state index is 0.342. The largest absolute Gasteiger partial charge is 0.453 e. The van der Waals surface area contributed by atoms with Gasteiger partial charge in [-0.2, -0.15) is 0 Å². The average molecular weight is 319 g/mol. The van der Waals surface area contributed by atoms with E-state index < -0.39 is 0 Å². The molecule has 0 bridgehead atoms. The van der Waals surface area contributed by atoms with Gasteiger partial charge in [0.15, 0.2) is 12.0 Å². The summed E-state index contributed by atoms with van der Waals surface area (Å²) in [6, 6.07) is 17.8. The van der Waals surface area contributed by atoms with E-state index in [1.54, 1.807) is 17.4 Å². The number of furan rings is 1. The van der Waals surface area contributed by atoms with Crippen LogP contribution in [0.25, 0.3) is 32.1 Å². The van der Waals surface area contributed by atoms with E-state index in [1.165, 1.54) is 4.70 Å². The molecule has 0 saturated heterocycles. The maximum absolute atomic E-state index is 10.8. The molecule has 2 aromatic carbocycles. The number of nitrogens with zero attached hydrogens (tertiary/aromatic N) is 1. The maximum Gasteiger partial charge on any atom is 0.185 e. The number of para-hydroxylation sites is 1. The van der Waals surface area contributed by atoms with E-state index in [9.17, 15) is 4.79 Å². The van der Waals surface area contributed by atoms with Gasteiger partial charge in [-0.15, -0.1) is 11.3 Å². The zero-order chi connectivity index (χ0) is 15.8. The first kappa shape index (κ1) is 13.9. The number of benzene rings is 2. The van der Waals surface area contributed by atoms with Gasteiger partial charge in [0.05, 0.1) is 10.2 Å². The minimum Gasteiger partial charge on any atom is -0.453 e. The molecule has 0 aliphatic heterocycles. The van der Waals surface area contributed by atoms with Crippen molar-refractivity contribution >= 4 is 27.8 Å². The fourth-order valence-electron chi connectivity index (χ4n) is 2.63. The van der Waals surface area contributed by atoms with Crippen molar-refractivity contribution in [1.29, 1.82) is 0 Å². The number of hydrogen-bond acceptors (Lipinski definition) is 4. The summed E-state index contributed by atoms with van der Waals surface area (Å²) >= 11 is 1.69. The van der Waals surface area contributed by atoms with E-state index >= 15 is 0 Å². The highest BCUT2D eigenvalue weighted by Crippen LogP contribution is 2.33. The summed E-state index contributed by atoms with van der Waals surface area (Å²) in [7, 11) is 0. The molecule has 0 N–H and O–H groups in total. The van der Waals surface area contributed by atoms with E-state index in [2.05, 4.69) is 12.1 Å². The highest BCUT2D eigenvalue weighted by molar-refractivity contribution is 7.21. The molecular weight excluding hydrogens is 306 g/mol. The van der Waals surface area contributed by atoms with Gasteiger partial charge in [0, 0.05) is 11.1 Å². The second-order valence-electron chi connectivity index (χ2n) is 5.34. The molecular formula is C19H13NO2S. The Kier molecular flexibility index (Phi) is 3.32. The number of carbonyl (C=O) groups is 1. The SMILES string of the molecule is Cc1cc(-c2nc3ccccc3s2)ccc1-c1ccc(C=O)o1. The van der Waals surface area contributed by atoms with Crippen molar-refractivity contribution in [2.45, 2.75) is 6.92 Å². The lowest BCUT2D eigenvalue weighted by atomic mass is 10.0. The highest BCUT2D eigenvalue weighted by atomic mass is 32.1. The van der Waals surface area contributed by atoms with Crippen molar-refractivity contribution in [3.05, 3.63) is 65.9 Å². The van der Waals surface area contributed by atoms with E-state index in [0.29, 0.717) is 17.8 Å². The lowest BCUT2D eigenvalue weighted by Crippen LogP contribution is -1.84. The molecule has 2 aromatic heterocycles. The Bertz CT molecular complexity index is 980. The summed E-state index contributed by atoms with van der Waals surface area (Å²) in [5, 5.41) is 1.01. The van der Waals surface area contributed by atoms with E-state index in [4.69, 9.17) is 9.40 Å². The van der Waals surface area contributed by atoms with Crippen LogP contribution in [-0.2, 0) is 0 Å². The molecule has 3 nitrogen and oxygen atoms in total. The molecule has 4 heteroatoms. The lowest BCUT2D eigenvalue weighted by Gasteiger charge is -2.04. The topological polar surface area (TPSA) is 43.1 Å². The minimum absolute atomic E-state index is 0.342. The first-order valence-electron chi connectivity index (χ1n) is 7.26. The third kappa shape index (κ3) is 2.47. The lowest BCUT2D eigenvalue weighted by molar-refractivity contribution is 0.110. The summed E-state index contributed by atoms with van der Waals surface area (Å²) in [6.45, 7) is 2.04. The van der Waals surface area contributed by atoms with Gasteiger partial charge in [-0.25, -0.2) is 4.98 Å². The number of hydrogen-bond donors (Lipinski definition) is 0. The summed E-state index contributed by atoms with van der Waals surface area (Å²) in [5.74, 6) is 1.05. The Morgan fingerprint density at radius 2 is 1.96 bits per heavy atom. The molecule has 0 fully saturated rings. The van der Waals surface area contributed by atoms with Crippen molar-refractivity contribution in [3.8, 4) is 21.9 Å². The van der Waals surface area contributed by atoms with Gasteiger partial charge in [0.1, 0.15) is 10.8 Å². The maximum atomic E-state index is 10.8. The van der Waals surface area contributed by atoms with Crippen LogP contribution in [0.5, 0.6) is 0 Å². The van der Waals surface area contributed by atoms with Crippen LogP contribution in [0.4, 0.5) is 0 Å². The zero-order valence-electron chi connectivity index (χ0n) is 12.4. The van der Waals surface area contributed by atoms with Crippen molar-refractivity contribution < 1.29 is 9.21 Å². The molecule has 4 aromatic rings. The summed E-state index contributed by atoms with van der Waals surface area (Å²) in [5.41, 5.74) is 4.20. The standard InChI is InChI=1S/C19H13NO2S/c1-12-10-13(19-20-16-4-2-3-5-18(16)23-19)6-8-15(12)17-9-7-14(11-21)22-17/h2-11H,1H3. The number of aryl methyl sites for hydroxylation is 1. The van der Waals surface area contributed by atoms with E-state index in [1.807, 2.05) is 43.3 Å². The molecule has 0 atom stereocenters. The summed E-state index contributed by atoms with van der Waals surface area (Å²) in [4.78, 5) is 15.5. The van der Waals surface area contributed by atoms with Gasteiger partial charge in [-0.1, -0.05) is 24.3 Å². The van der Waals surface area contributed by atoms with E-state index in [-0.39, 0.29) is 0 Å². The van der Waals surface area contributed by atoms with E-state index in [0.717, 1.165) is 27.2 Å². The van der Waals surface area contributed by atoms with Crippen LogP contribution in [0.3, 0.4) is 0 Å². The van der Waals surface area contributed by atoms with Gasteiger partial charge in [-0.3, -0.25) is 4.79 Å². The molecule has 0 saturated carbocycles. The third-order valence-corrected chi connectivity index (χ3v) is 4.86. The van der Waals surface area contributed by atoms with Crippen LogP contribution in [-0.4, -0.2) is 11.3 Å². The van der Waals surface area contributed by atoms with Crippen molar-refractivity contribution in [2.24, 2.45) is 0 Å². The average Bonchev–Trinajstić information content (AvgIpc) is 3.21. The molecule has 4 rings (SSSR count). The molecule has 23 heavy (non-hydrogen) atoms. The van der Waals surface area contributed by atoms with Crippen LogP contribution in [0, 0.1) is 6.92 Å². The summed E-state index contributed by atoms with van der Waals surface area (Å²) in [6.07, 6.45) is 0.717. The first-order valence-corrected chi connectivity index (χ1v) is 8.08. The molecule has 0 aliphatic rings. The van der Waals surface area contributed by atoms with Gasteiger partial charge in [-0.05, 0) is 42.8 Å². The van der Waals surface area contributed by atoms with Gasteiger partial charge in [0.25, 0.3) is 0 Å². The predicted molar refractivity (Wildman–Crippen MR) is 92.9 cm³/mol. The number of aldehydes is 1. The van der Waals surface area contributed by atoms with Crippen LogP contribution >= 0.6 is 11.3 Å². The number of thiazole rings is 1. The Morgan fingerprint density at radius 3 is 2.70 bits per heavy atom. The normalized spacial score (nSPS) is 11.0. The zero-order valence-corrected chi connectivity index (χ0v) is 13.3. The molecule has 112 valence electrons. The highest BCUT2D eigenvalue weighted by Gasteiger charge is 2.11. The molecule has 0 aliphatic carbocycles. The third-order valence-electron chi connectivity index (χ3n) is 3.78. The Labute approximate surface area is 137 Å². The van der Waals surface area contributed by atoms with Gasteiger partial charge < -0.3 is 4.42 Å².